The number of alkyl halides is 1. The Kier molecular flexibility index (Phi) is 30.7. The molecule has 1 rings (SSSR count). The van der Waals surface area contributed by atoms with Gasteiger partial charge in [-0.2, -0.15) is 36.2 Å². The van der Waals surface area contributed by atoms with Crippen molar-refractivity contribution in [2.24, 2.45) is 17.2 Å². The van der Waals surface area contributed by atoms with Gasteiger partial charge in [-0.25, -0.2) is 0 Å². The lowest BCUT2D eigenvalue weighted by Gasteiger charge is -2.28. The van der Waals surface area contributed by atoms with E-state index in [4.69, 9.17) is 34.2 Å². The van der Waals surface area contributed by atoms with Crippen LogP contribution in [0.4, 0.5) is 0 Å². The SMILES string of the molecule is CC(C)(C)SCC(NC(=O)[C@H](CC(=O)O)NC(=O)CNC(=O)[C@H](CCCNC(=N)N)NC(=O)[C@H](CSC(C)(C)C)NC(=O)[C@H](CCCCN)NC(=O)CCl)C(=O)N[C@@H](Cc1ccccc1)C(=O)N[C@@H](CS)C(N)=O. The van der Waals surface area contributed by atoms with E-state index < -0.39 is 125 Å². The summed E-state index contributed by atoms with van der Waals surface area (Å²) in [4.78, 5) is 132. The molecule has 28 heteroatoms. The molecule has 9 amide bonds. The van der Waals surface area contributed by atoms with Crippen molar-refractivity contribution in [1.82, 2.24) is 47.9 Å². The molecule has 0 saturated carbocycles. The number of unbranched alkanes of at least 4 members (excludes halogenated alkanes) is 1. The van der Waals surface area contributed by atoms with Gasteiger partial charge in [0, 0.05) is 39.7 Å². The van der Waals surface area contributed by atoms with Crippen LogP contribution >= 0.6 is 47.8 Å². The highest BCUT2D eigenvalue weighted by Crippen LogP contribution is 2.25. The molecule has 17 N–H and O–H groups in total. The molecular weight excluding hydrogens is 1040 g/mol. The lowest BCUT2D eigenvalue weighted by atomic mass is 10.0. The summed E-state index contributed by atoms with van der Waals surface area (Å²) in [5.74, 6) is -10.1. The fourth-order valence-corrected chi connectivity index (χ4v) is 8.52. The number of hydrogen-bond acceptors (Lipinski definition) is 15. The van der Waals surface area contributed by atoms with E-state index in [1.54, 1.807) is 30.3 Å². The number of thioether (sulfide) groups is 2. The van der Waals surface area contributed by atoms with E-state index in [0.29, 0.717) is 24.9 Å². The Hall–Kier alpha value is -5.51. The average Bonchev–Trinajstić information content (AvgIpc) is 3.31. The predicted molar refractivity (Wildman–Crippen MR) is 289 cm³/mol. The second-order valence-corrected chi connectivity index (χ2v) is 23.2. The van der Waals surface area contributed by atoms with Crippen molar-refractivity contribution < 1.29 is 53.1 Å². The summed E-state index contributed by atoms with van der Waals surface area (Å²) in [6.07, 6.45) is 0.298. The van der Waals surface area contributed by atoms with Crippen molar-refractivity contribution in [1.29, 1.82) is 5.41 Å². The van der Waals surface area contributed by atoms with Gasteiger partial charge in [0.2, 0.25) is 53.2 Å². The summed E-state index contributed by atoms with van der Waals surface area (Å²) in [6, 6.07) is -0.744. The Morgan fingerprint density at radius 3 is 1.57 bits per heavy atom. The first-order valence-electron chi connectivity index (χ1n) is 23.8. The predicted octanol–water partition coefficient (Wildman–Crippen LogP) is -1.68. The van der Waals surface area contributed by atoms with Crippen LogP contribution in [0.3, 0.4) is 0 Å². The maximum atomic E-state index is 14.0. The van der Waals surface area contributed by atoms with E-state index >= 15 is 0 Å². The average molecular weight is 1120 g/mol. The van der Waals surface area contributed by atoms with Crippen LogP contribution in [0.25, 0.3) is 0 Å². The third kappa shape index (κ3) is 28.8. The van der Waals surface area contributed by atoms with Gasteiger partial charge in [-0.1, -0.05) is 71.9 Å². The van der Waals surface area contributed by atoms with Crippen LogP contribution in [-0.2, 0) is 54.4 Å². The number of carboxylic acids is 1. The molecule has 0 radical (unpaired) electrons. The lowest BCUT2D eigenvalue weighted by molar-refractivity contribution is -0.141. The summed E-state index contributed by atoms with van der Waals surface area (Å²) in [5.41, 5.74) is 17.1. The van der Waals surface area contributed by atoms with Crippen molar-refractivity contribution >= 4 is 113 Å². The first kappa shape index (κ1) is 66.5. The number of hydrogen-bond donors (Lipinski definition) is 15. The Morgan fingerprint density at radius 2 is 1.08 bits per heavy atom. The van der Waals surface area contributed by atoms with Crippen LogP contribution in [0.1, 0.15) is 85.6 Å². The summed E-state index contributed by atoms with van der Waals surface area (Å²) in [6.45, 7) is 10.8. The number of carboxylic acid groups (broad SMARTS) is 1. The number of rotatable bonds is 34. The fraction of sp³-hybridized carbons (Fsp3) is 0.630. The molecule has 74 heavy (non-hydrogen) atoms. The van der Waals surface area contributed by atoms with Gasteiger partial charge in [0.15, 0.2) is 5.96 Å². The normalized spacial score (nSPS) is 14.2. The van der Waals surface area contributed by atoms with E-state index in [1.165, 1.54) is 23.5 Å². The number of guanidine groups is 1. The highest BCUT2D eigenvalue weighted by Gasteiger charge is 2.34. The third-order valence-electron chi connectivity index (χ3n) is 10.2. The molecule has 1 aromatic carbocycles. The molecule has 0 aliphatic carbocycles. The lowest BCUT2D eigenvalue weighted by Crippen LogP contribution is -2.60. The molecule has 7 atom stereocenters. The summed E-state index contributed by atoms with van der Waals surface area (Å²) in [7, 11) is 0. The van der Waals surface area contributed by atoms with Crippen LogP contribution in [0.5, 0.6) is 0 Å². The maximum absolute atomic E-state index is 14.0. The molecule has 0 aliphatic heterocycles. The molecular formula is C46H76ClN13O11S3. The zero-order valence-corrected chi connectivity index (χ0v) is 46.0. The molecule has 0 heterocycles. The molecule has 0 aliphatic rings. The number of aliphatic carboxylic acids is 1. The molecule has 1 aromatic rings. The minimum atomic E-state index is -1.80. The van der Waals surface area contributed by atoms with Crippen molar-refractivity contribution in [3.63, 3.8) is 0 Å². The molecule has 0 saturated heterocycles. The largest absolute Gasteiger partial charge is 0.481 e. The number of carbonyl (C=O) groups excluding carboxylic acids is 9. The summed E-state index contributed by atoms with van der Waals surface area (Å²) in [5, 5.41) is 40.0. The van der Waals surface area contributed by atoms with Crippen molar-refractivity contribution in [3.8, 4) is 0 Å². The van der Waals surface area contributed by atoms with E-state index in [-0.39, 0.29) is 60.2 Å². The molecule has 0 fully saturated rings. The molecule has 0 aromatic heterocycles. The number of thiol groups is 1. The van der Waals surface area contributed by atoms with E-state index in [2.05, 4.69) is 60.5 Å². The molecule has 0 bridgehead atoms. The Bertz CT molecular complexity index is 2070. The van der Waals surface area contributed by atoms with Crippen LogP contribution < -0.4 is 65.1 Å². The van der Waals surface area contributed by atoms with Crippen molar-refractivity contribution in [2.45, 2.75) is 138 Å². The molecule has 416 valence electrons. The quantitative estimate of drug-likeness (QED) is 0.0121. The van der Waals surface area contributed by atoms with Crippen LogP contribution in [0, 0.1) is 5.41 Å². The molecule has 0 spiro atoms. The summed E-state index contributed by atoms with van der Waals surface area (Å²) >= 11 is 12.4. The van der Waals surface area contributed by atoms with E-state index in [0.717, 1.165) is 0 Å². The highest BCUT2D eigenvalue weighted by atomic mass is 35.5. The molecule has 1 unspecified atom stereocenters. The topological polar surface area (TPSA) is 401 Å². The minimum Gasteiger partial charge on any atom is -0.481 e. The number of benzene rings is 1. The Labute approximate surface area is 451 Å². The van der Waals surface area contributed by atoms with Crippen LogP contribution in [0.15, 0.2) is 30.3 Å². The van der Waals surface area contributed by atoms with Gasteiger partial charge in [-0.15, -0.1) is 11.6 Å². The number of nitrogens with two attached hydrogens (primary N) is 3. The van der Waals surface area contributed by atoms with Gasteiger partial charge >= 0.3 is 5.97 Å². The van der Waals surface area contributed by atoms with Crippen LogP contribution in [-0.4, -0.2) is 165 Å². The Balaban J connectivity index is 3.42. The van der Waals surface area contributed by atoms with Gasteiger partial charge < -0.3 is 70.2 Å². The molecule has 24 nitrogen and oxygen atoms in total. The first-order valence-corrected chi connectivity index (χ1v) is 26.9. The summed E-state index contributed by atoms with van der Waals surface area (Å²) < 4.78 is -0.849. The maximum Gasteiger partial charge on any atom is 0.305 e. The van der Waals surface area contributed by atoms with Gasteiger partial charge in [-0.3, -0.25) is 53.4 Å². The fourth-order valence-electron chi connectivity index (χ4n) is 6.37. The van der Waals surface area contributed by atoms with Gasteiger partial charge in [0.1, 0.15) is 48.2 Å². The smallest absolute Gasteiger partial charge is 0.305 e. The van der Waals surface area contributed by atoms with E-state index in [1.807, 2.05) is 41.5 Å². The first-order chi connectivity index (χ1) is 34.6. The number of primary amides is 1. The monoisotopic (exact) mass is 1120 g/mol. The van der Waals surface area contributed by atoms with Gasteiger partial charge in [-0.05, 0) is 44.2 Å². The number of amides is 9. The number of nitrogens with one attached hydrogen (secondary N) is 10. The zero-order valence-electron chi connectivity index (χ0n) is 42.7. The van der Waals surface area contributed by atoms with E-state index in [9.17, 15) is 53.1 Å². The third-order valence-corrected chi connectivity index (χ3v) is 13.5. The van der Waals surface area contributed by atoms with Crippen molar-refractivity contribution in [3.05, 3.63) is 35.9 Å². The number of carbonyl (C=O) groups is 10. The van der Waals surface area contributed by atoms with Crippen LogP contribution in [0.2, 0.25) is 0 Å². The highest BCUT2D eigenvalue weighted by molar-refractivity contribution is 8.00. The minimum absolute atomic E-state index is 0.0323. The van der Waals surface area contributed by atoms with Gasteiger partial charge in [0.05, 0.1) is 13.0 Å². The standard InChI is InChI=1S/C46H76ClN13O11S3/c1-45(2,3)73-24-32(59-39(67)28(15-10-11-17-48)54-34(61)21-47)42(70)56-27(16-12-18-52-44(50)51)38(66)53-22-35(62)55-30(20-36(63)64)41(69)60-33(25-74-46(4,5)6)43(71)57-29(19-26-13-8-7-9-14-26)40(68)58-31(23-72)37(49)65/h7-9,13-14,27-33,72H,10-12,15-25,48H2,1-6H3,(H2,49,65)(H,53,66)(H,54,61)(H,55,62)(H,56,70)(H,57,71)(H,58,68)(H,59,67)(H,60,69)(H,63,64)(H4,50,51,52)/t27-,28-,29-,30-,31-,32-,33?/m0/s1. The van der Waals surface area contributed by atoms with Gasteiger partial charge in [0.25, 0.3) is 0 Å². The van der Waals surface area contributed by atoms with Crippen molar-refractivity contribution in [2.75, 3.05) is 42.8 Å². The second kappa shape index (κ2) is 34.1. The number of halogens is 1. The second-order valence-electron chi connectivity index (χ2n) is 18.9. The zero-order chi connectivity index (χ0) is 56.2. The Morgan fingerprint density at radius 1 is 0.622 bits per heavy atom.